The first-order valence-corrected chi connectivity index (χ1v) is 8.66. The molecule has 0 radical (unpaired) electrons. The number of hydrogen-bond acceptors (Lipinski definition) is 3. The van der Waals surface area contributed by atoms with Crippen LogP contribution in [-0.2, 0) is 11.2 Å². The van der Waals surface area contributed by atoms with Crippen LogP contribution in [0.5, 0.6) is 0 Å². The van der Waals surface area contributed by atoms with Crippen molar-refractivity contribution in [1.29, 1.82) is 0 Å². The lowest BCUT2D eigenvalue weighted by Gasteiger charge is -2.33. The second-order valence-electron chi connectivity index (χ2n) is 6.69. The number of anilines is 1. The molecular formula is C20H16F2N2O3. The number of carbonyl (C=O) groups excluding carboxylic acids is 3. The number of aryl methyl sites for hydroxylation is 1. The number of halogens is 2. The summed E-state index contributed by atoms with van der Waals surface area (Å²) in [4.78, 5) is 40.4. The minimum absolute atomic E-state index is 0.0242. The molecule has 0 bridgehead atoms. The van der Waals surface area contributed by atoms with E-state index in [0.29, 0.717) is 18.4 Å². The van der Waals surface area contributed by atoms with Crippen molar-refractivity contribution in [3.05, 3.63) is 64.7 Å². The molecule has 138 valence electrons. The normalized spacial score (nSPS) is 17.0. The summed E-state index contributed by atoms with van der Waals surface area (Å²) in [6, 6.07) is 7.20. The molecule has 0 saturated heterocycles. The van der Waals surface area contributed by atoms with Crippen molar-refractivity contribution in [3.8, 4) is 0 Å². The van der Waals surface area contributed by atoms with E-state index in [4.69, 9.17) is 0 Å². The molecule has 2 heterocycles. The first-order valence-electron chi connectivity index (χ1n) is 8.66. The highest BCUT2D eigenvalue weighted by Crippen LogP contribution is 2.33. The van der Waals surface area contributed by atoms with E-state index >= 15 is 0 Å². The Labute approximate surface area is 154 Å². The second kappa shape index (κ2) is 6.26. The number of rotatable bonds is 2. The van der Waals surface area contributed by atoms with Crippen molar-refractivity contribution < 1.29 is 23.2 Å². The van der Waals surface area contributed by atoms with Crippen molar-refractivity contribution in [2.75, 3.05) is 11.4 Å². The molecule has 27 heavy (non-hydrogen) atoms. The second-order valence-corrected chi connectivity index (χ2v) is 6.69. The van der Waals surface area contributed by atoms with Crippen LogP contribution in [0.4, 0.5) is 14.5 Å². The molecule has 0 spiro atoms. The maximum absolute atomic E-state index is 14.4. The third-order valence-electron chi connectivity index (χ3n) is 5.04. The van der Waals surface area contributed by atoms with Crippen molar-refractivity contribution in [2.45, 2.75) is 25.8 Å². The summed E-state index contributed by atoms with van der Waals surface area (Å²) in [6.07, 6.45) is 0.992. The van der Waals surface area contributed by atoms with Crippen LogP contribution in [0.15, 0.2) is 36.4 Å². The fourth-order valence-electron chi connectivity index (χ4n) is 3.77. The quantitative estimate of drug-likeness (QED) is 0.764. The van der Waals surface area contributed by atoms with E-state index < -0.39 is 35.4 Å². The number of amides is 3. The third kappa shape index (κ3) is 2.61. The molecular weight excluding hydrogens is 354 g/mol. The van der Waals surface area contributed by atoms with Gasteiger partial charge in [-0.3, -0.25) is 19.3 Å². The van der Waals surface area contributed by atoms with Crippen molar-refractivity contribution in [3.63, 3.8) is 0 Å². The summed E-state index contributed by atoms with van der Waals surface area (Å²) in [7, 11) is 0. The number of imide groups is 1. The Balaban J connectivity index is 1.68. The lowest BCUT2D eigenvalue weighted by atomic mass is 10.00. The van der Waals surface area contributed by atoms with Crippen LogP contribution >= 0.6 is 0 Å². The van der Waals surface area contributed by atoms with Crippen LogP contribution in [0.3, 0.4) is 0 Å². The Kier molecular flexibility index (Phi) is 4.02. The standard InChI is InChI=1S/C20H16F2N2O3/c1-11(24-19(26)14-6-2-3-7-15(14)20(24)27)18(25)23-8-4-5-12-9-13(21)10-16(22)17(12)23/h2-3,6-7,9-11H,4-5,8H2,1H3. The Morgan fingerprint density at radius 1 is 1.07 bits per heavy atom. The van der Waals surface area contributed by atoms with Crippen LogP contribution in [0, 0.1) is 11.6 Å². The SMILES string of the molecule is CC(C(=O)N1CCCc2cc(F)cc(F)c21)N1C(=O)c2ccccc2C1=O. The summed E-state index contributed by atoms with van der Waals surface area (Å²) < 4.78 is 27.9. The van der Waals surface area contributed by atoms with Gasteiger partial charge in [0.05, 0.1) is 16.8 Å². The van der Waals surface area contributed by atoms with Gasteiger partial charge in [-0.25, -0.2) is 8.78 Å². The van der Waals surface area contributed by atoms with Crippen molar-refractivity contribution in [1.82, 2.24) is 4.90 Å². The molecule has 0 fully saturated rings. The Hall–Kier alpha value is -3.09. The van der Waals surface area contributed by atoms with Gasteiger partial charge in [0.15, 0.2) is 0 Å². The molecule has 2 aromatic carbocycles. The lowest BCUT2D eigenvalue weighted by molar-refractivity contribution is -0.122. The van der Waals surface area contributed by atoms with Gasteiger partial charge in [-0.1, -0.05) is 12.1 Å². The van der Waals surface area contributed by atoms with E-state index in [2.05, 4.69) is 0 Å². The number of hydrogen-bond donors (Lipinski definition) is 0. The van der Waals surface area contributed by atoms with Crippen LogP contribution in [0.1, 0.15) is 39.6 Å². The van der Waals surface area contributed by atoms with Crippen molar-refractivity contribution in [2.24, 2.45) is 0 Å². The fraction of sp³-hybridized carbons (Fsp3) is 0.250. The van der Waals surface area contributed by atoms with Crippen LogP contribution in [0.25, 0.3) is 0 Å². The summed E-state index contributed by atoms with van der Waals surface area (Å²) in [5.41, 5.74) is 0.918. The number of benzene rings is 2. The number of carbonyl (C=O) groups is 3. The van der Waals surface area contributed by atoms with Gasteiger partial charge in [0.1, 0.15) is 17.7 Å². The average molecular weight is 370 g/mol. The highest BCUT2D eigenvalue weighted by Gasteiger charge is 2.42. The van der Waals surface area contributed by atoms with E-state index in [1.165, 1.54) is 30.0 Å². The summed E-state index contributed by atoms with van der Waals surface area (Å²) in [6.45, 7) is 1.68. The molecule has 4 rings (SSSR count). The van der Waals surface area contributed by atoms with Gasteiger partial charge in [0.25, 0.3) is 11.8 Å². The van der Waals surface area contributed by atoms with Crippen LogP contribution in [-0.4, -0.2) is 35.2 Å². The molecule has 7 heteroatoms. The maximum atomic E-state index is 14.4. The van der Waals surface area contributed by atoms with Gasteiger partial charge in [0, 0.05) is 12.6 Å². The van der Waals surface area contributed by atoms with E-state index in [1.807, 2.05) is 0 Å². The molecule has 0 saturated carbocycles. The smallest absolute Gasteiger partial charge is 0.262 e. The average Bonchev–Trinajstić information content (AvgIpc) is 2.91. The molecule has 3 amide bonds. The predicted molar refractivity (Wildman–Crippen MR) is 93.4 cm³/mol. The number of nitrogens with zero attached hydrogens (tertiary/aromatic N) is 2. The predicted octanol–water partition coefficient (Wildman–Crippen LogP) is 2.93. The summed E-state index contributed by atoms with van der Waals surface area (Å²) >= 11 is 0. The van der Waals surface area contributed by atoms with Gasteiger partial charge in [0.2, 0.25) is 5.91 Å². The minimum atomic E-state index is -1.10. The fourth-order valence-corrected chi connectivity index (χ4v) is 3.77. The van der Waals surface area contributed by atoms with Crippen molar-refractivity contribution >= 4 is 23.4 Å². The molecule has 1 atom stereocenters. The van der Waals surface area contributed by atoms with Gasteiger partial charge >= 0.3 is 0 Å². The topological polar surface area (TPSA) is 57.7 Å². The largest absolute Gasteiger partial charge is 0.308 e. The zero-order valence-corrected chi connectivity index (χ0v) is 14.5. The van der Waals surface area contributed by atoms with Gasteiger partial charge < -0.3 is 4.90 Å². The van der Waals surface area contributed by atoms with Crippen LogP contribution in [0.2, 0.25) is 0 Å². The molecule has 0 aliphatic carbocycles. The molecule has 1 unspecified atom stereocenters. The summed E-state index contributed by atoms with van der Waals surface area (Å²) in [5.74, 6) is -3.20. The zero-order chi connectivity index (χ0) is 19.3. The van der Waals surface area contributed by atoms with Gasteiger partial charge in [-0.15, -0.1) is 0 Å². The summed E-state index contributed by atoms with van der Waals surface area (Å²) in [5, 5.41) is 0. The van der Waals surface area contributed by atoms with E-state index in [1.54, 1.807) is 12.1 Å². The first kappa shape index (κ1) is 17.3. The molecule has 2 aliphatic rings. The number of fused-ring (bicyclic) bond motifs is 2. The highest BCUT2D eigenvalue weighted by molar-refractivity contribution is 6.23. The van der Waals surface area contributed by atoms with E-state index in [9.17, 15) is 23.2 Å². The Morgan fingerprint density at radius 2 is 1.70 bits per heavy atom. The maximum Gasteiger partial charge on any atom is 0.262 e. The highest BCUT2D eigenvalue weighted by atomic mass is 19.1. The lowest BCUT2D eigenvalue weighted by Crippen LogP contribution is -2.51. The van der Waals surface area contributed by atoms with E-state index in [0.717, 1.165) is 11.0 Å². The molecule has 5 nitrogen and oxygen atoms in total. The Morgan fingerprint density at radius 3 is 2.33 bits per heavy atom. The molecule has 0 N–H and O–H groups in total. The van der Waals surface area contributed by atoms with Crippen LogP contribution < -0.4 is 4.90 Å². The minimum Gasteiger partial charge on any atom is -0.308 e. The first-order chi connectivity index (χ1) is 12.9. The zero-order valence-electron chi connectivity index (χ0n) is 14.5. The Bertz CT molecular complexity index is 954. The molecule has 0 aromatic heterocycles. The molecule has 2 aromatic rings. The molecule has 2 aliphatic heterocycles. The third-order valence-corrected chi connectivity index (χ3v) is 5.04. The van der Waals surface area contributed by atoms with Gasteiger partial charge in [-0.2, -0.15) is 0 Å². The van der Waals surface area contributed by atoms with Gasteiger partial charge in [-0.05, 0) is 43.5 Å². The van der Waals surface area contributed by atoms with E-state index in [-0.39, 0.29) is 23.4 Å². The monoisotopic (exact) mass is 370 g/mol.